The van der Waals surface area contributed by atoms with Gasteiger partial charge in [0.05, 0.1) is 0 Å². The minimum atomic E-state index is -0.250. The Morgan fingerprint density at radius 2 is 2.00 bits per heavy atom. The Labute approximate surface area is 45.7 Å². The van der Waals surface area contributed by atoms with Gasteiger partial charge in [-0.2, -0.15) is 0 Å². The first-order valence-electron chi connectivity index (χ1n) is 1.08. The van der Waals surface area contributed by atoms with Crippen molar-refractivity contribution in [2.75, 3.05) is 6.26 Å². The first kappa shape index (κ1) is 9.48. The Morgan fingerprint density at radius 3 is 2.00 bits per heavy atom. The van der Waals surface area contributed by atoms with Crippen LogP contribution in [0.25, 0.3) is 0 Å². The molecule has 0 spiro atoms. The van der Waals surface area contributed by atoms with Crippen molar-refractivity contribution in [2.24, 2.45) is 0 Å². The summed E-state index contributed by atoms with van der Waals surface area (Å²) < 4.78 is 0. The van der Waals surface area contributed by atoms with Gasteiger partial charge in [-0.05, 0) is 6.26 Å². The van der Waals surface area contributed by atoms with Crippen LogP contribution in [0.5, 0.6) is 0 Å². The quantitative estimate of drug-likeness (QED) is 0.287. The van der Waals surface area contributed by atoms with Crippen molar-refractivity contribution >= 4 is 28.9 Å². The second-order valence-electron chi connectivity index (χ2n) is 0.288. The molecule has 4 heteroatoms. The van der Waals surface area contributed by atoms with Crippen LogP contribution in [0.3, 0.4) is 0 Å². The van der Waals surface area contributed by atoms with Crippen LogP contribution in [0.4, 0.5) is 0 Å². The number of carbonyl (C=O) groups is 1. The number of thiol groups is 1. The lowest BCUT2D eigenvalue weighted by atomic mass is 11.7. The third kappa shape index (κ3) is 1450. The Morgan fingerprint density at radius 1 is 2.00 bits per heavy atom. The highest BCUT2D eigenvalue weighted by Crippen LogP contribution is 1.91. The maximum atomic E-state index is 8.36. The van der Waals surface area contributed by atoms with Crippen LogP contribution in [0.1, 0.15) is 0 Å². The zero-order chi connectivity index (χ0) is 5.41. The summed E-state index contributed by atoms with van der Waals surface area (Å²) >= 11 is 3.71. The number of carboxylic acid groups (broad SMARTS) is 1. The summed E-state index contributed by atoms with van der Waals surface area (Å²) in [5.41, 5.74) is 0. The Kier molecular flexibility index (Phi) is 30.2. The molecule has 0 amide bonds. The molecule has 0 aliphatic rings. The predicted molar refractivity (Wildman–Crippen MR) is 31.2 cm³/mol. The van der Waals surface area contributed by atoms with Gasteiger partial charge in [-0.1, -0.05) is 0 Å². The molecular formula is C2H6O2S2. The van der Waals surface area contributed by atoms with Gasteiger partial charge in [0.15, 0.2) is 0 Å². The van der Waals surface area contributed by atoms with E-state index in [1.54, 1.807) is 0 Å². The Bertz CT molecular complexity index is 23.5. The van der Waals surface area contributed by atoms with Gasteiger partial charge in [0.1, 0.15) is 0 Å². The zero-order valence-electron chi connectivity index (χ0n) is 3.29. The average molecular weight is 126 g/mol. The monoisotopic (exact) mass is 126 g/mol. The van der Waals surface area contributed by atoms with Gasteiger partial charge in [0, 0.05) is 0 Å². The number of hydrogen-bond acceptors (Lipinski definition) is 3. The Hall–Kier alpha value is 0.170. The highest BCUT2D eigenvalue weighted by atomic mass is 33.1. The van der Waals surface area contributed by atoms with Crippen LogP contribution in [-0.4, -0.2) is 17.8 Å². The van der Waals surface area contributed by atoms with E-state index in [0.29, 0.717) is 0 Å². The molecule has 0 saturated carbocycles. The van der Waals surface area contributed by atoms with Crippen LogP contribution >= 0.6 is 22.5 Å². The number of rotatable bonds is 0. The number of hydrogen-bond donors (Lipinski definition) is 2. The Balaban J connectivity index is 0. The second kappa shape index (κ2) is 19.1. The van der Waals surface area contributed by atoms with Crippen LogP contribution in [0.2, 0.25) is 0 Å². The fraction of sp³-hybridized carbons (Fsp3) is 0.500. The van der Waals surface area contributed by atoms with Crippen molar-refractivity contribution in [2.45, 2.75) is 0 Å². The van der Waals surface area contributed by atoms with E-state index in [1.807, 2.05) is 6.26 Å². The molecule has 0 aliphatic carbocycles. The lowest BCUT2D eigenvalue weighted by Gasteiger charge is -1.50. The first-order chi connectivity index (χ1) is 2.83. The standard InChI is InChI=1S/CH2O2.CH4S2/c2-1-3;1-3-2/h1H,(H,2,3);2H,1H3. The molecule has 1 N–H and O–H groups in total. The summed E-state index contributed by atoms with van der Waals surface area (Å²) in [5, 5.41) is 6.89. The molecule has 6 heavy (non-hydrogen) atoms. The minimum Gasteiger partial charge on any atom is -0.483 e. The zero-order valence-corrected chi connectivity index (χ0v) is 5.00. The smallest absolute Gasteiger partial charge is 0.290 e. The van der Waals surface area contributed by atoms with E-state index in [4.69, 9.17) is 9.90 Å². The normalized spacial score (nSPS) is 5.00. The van der Waals surface area contributed by atoms with Gasteiger partial charge in [0.2, 0.25) is 0 Å². The third-order valence-electron chi connectivity index (χ3n) is 0. The van der Waals surface area contributed by atoms with Gasteiger partial charge >= 0.3 is 0 Å². The molecule has 2 nitrogen and oxygen atoms in total. The summed E-state index contributed by atoms with van der Waals surface area (Å²) in [6, 6.07) is 0. The van der Waals surface area contributed by atoms with Crippen molar-refractivity contribution in [1.29, 1.82) is 0 Å². The second-order valence-corrected chi connectivity index (χ2v) is 1.75. The largest absolute Gasteiger partial charge is 0.483 e. The van der Waals surface area contributed by atoms with Crippen LogP contribution < -0.4 is 0 Å². The molecular weight excluding hydrogens is 120 g/mol. The van der Waals surface area contributed by atoms with Gasteiger partial charge < -0.3 is 5.11 Å². The summed E-state index contributed by atoms with van der Waals surface area (Å²) in [7, 11) is 1.44. The fourth-order valence-electron chi connectivity index (χ4n) is 0. The molecule has 0 heterocycles. The minimum absolute atomic E-state index is 0.250. The molecule has 0 aromatic carbocycles. The van der Waals surface area contributed by atoms with Crippen molar-refractivity contribution < 1.29 is 9.90 Å². The highest BCUT2D eigenvalue weighted by Gasteiger charge is 1.34. The van der Waals surface area contributed by atoms with Gasteiger partial charge in [-0.15, -0.1) is 22.5 Å². The molecule has 0 fully saturated rings. The van der Waals surface area contributed by atoms with Crippen LogP contribution in [0, 0.1) is 0 Å². The molecule has 0 atom stereocenters. The maximum Gasteiger partial charge on any atom is 0.290 e. The van der Waals surface area contributed by atoms with E-state index in [2.05, 4.69) is 11.7 Å². The molecule has 0 aromatic heterocycles. The lowest BCUT2D eigenvalue weighted by Crippen LogP contribution is -1.49. The van der Waals surface area contributed by atoms with E-state index < -0.39 is 0 Å². The molecule has 0 bridgehead atoms. The lowest BCUT2D eigenvalue weighted by molar-refractivity contribution is -0.122. The van der Waals surface area contributed by atoms with E-state index in [0.717, 1.165) is 0 Å². The average Bonchev–Trinajstić information content (AvgIpc) is 1.39. The maximum absolute atomic E-state index is 8.36. The van der Waals surface area contributed by atoms with Gasteiger partial charge in [-0.25, -0.2) is 0 Å². The van der Waals surface area contributed by atoms with Gasteiger partial charge in [0.25, 0.3) is 6.47 Å². The fourth-order valence-corrected chi connectivity index (χ4v) is 0. The molecule has 0 aromatic rings. The summed E-state index contributed by atoms with van der Waals surface area (Å²) in [4.78, 5) is 8.36. The van der Waals surface area contributed by atoms with Crippen LogP contribution in [-0.2, 0) is 4.79 Å². The third-order valence-corrected chi connectivity index (χ3v) is 0. The molecule has 38 valence electrons. The summed E-state index contributed by atoms with van der Waals surface area (Å²) in [5.74, 6) is 0. The molecule has 0 radical (unpaired) electrons. The summed E-state index contributed by atoms with van der Waals surface area (Å²) in [6.45, 7) is -0.250. The van der Waals surface area contributed by atoms with E-state index in [-0.39, 0.29) is 6.47 Å². The molecule has 0 rings (SSSR count). The molecule has 0 aliphatic heterocycles. The van der Waals surface area contributed by atoms with Crippen molar-refractivity contribution in [3.05, 3.63) is 0 Å². The molecule has 0 saturated heterocycles. The highest BCUT2D eigenvalue weighted by molar-refractivity contribution is 8.68. The topological polar surface area (TPSA) is 37.3 Å². The van der Waals surface area contributed by atoms with Gasteiger partial charge in [-0.3, -0.25) is 4.79 Å². The first-order valence-corrected chi connectivity index (χ1v) is 3.36. The SMILES string of the molecule is CSS.O=CO. The van der Waals surface area contributed by atoms with E-state index >= 15 is 0 Å². The van der Waals surface area contributed by atoms with E-state index in [1.165, 1.54) is 10.8 Å². The predicted octanol–water partition coefficient (Wildman–Crippen LogP) is 0.895. The molecule has 0 unspecified atom stereocenters. The van der Waals surface area contributed by atoms with Crippen LogP contribution in [0.15, 0.2) is 0 Å². The van der Waals surface area contributed by atoms with Crippen molar-refractivity contribution in [3.63, 3.8) is 0 Å². The van der Waals surface area contributed by atoms with E-state index in [9.17, 15) is 0 Å². The van der Waals surface area contributed by atoms with Crippen molar-refractivity contribution in [3.8, 4) is 0 Å². The van der Waals surface area contributed by atoms with Crippen molar-refractivity contribution in [1.82, 2.24) is 0 Å². The summed E-state index contributed by atoms with van der Waals surface area (Å²) in [6.07, 6.45) is 1.91.